The third-order valence-electron chi connectivity index (χ3n) is 2.89. The van der Waals surface area contributed by atoms with Gasteiger partial charge in [0.05, 0.1) is 0 Å². The molecule has 106 valence electrons. The van der Waals surface area contributed by atoms with E-state index in [1.807, 2.05) is 6.92 Å². The minimum Gasteiger partial charge on any atom is -0.399 e. The summed E-state index contributed by atoms with van der Waals surface area (Å²) >= 11 is 0. The van der Waals surface area contributed by atoms with Crippen molar-refractivity contribution < 1.29 is 13.2 Å². The van der Waals surface area contributed by atoms with Crippen molar-refractivity contribution >= 4 is 27.1 Å². The van der Waals surface area contributed by atoms with Crippen LogP contribution in [-0.4, -0.2) is 32.4 Å². The molecule has 0 aromatic heterocycles. The van der Waals surface area contributed by atoms with Crippen molar-refractivity contribution in [3.63, 3.8) is 0 Å². The summed E-state index contributed by atoms with van der Waals surface area (Å²) in [4.78, 5) is 13.8. The zero-order valence-corrected chi connectivity index (χ0v) is 12.3. The Morgan fingerprint density at radius 3 is 2.53 bits per heavy atom. The number of hydrogen-bond donors (Lipinski definition) is 1. The highest BCUT2D eigenvalue weighted by atomic mass is 32.2. The van der Waals surface area contributed by atoms with Crippen LogP contribution in [0.4, 0.5) is 11.4 Å². The number of nitrogen functional groups attached to an aromatic ring is 1. The van der Waals surface area contributed by atoms with Crippen LogP contribution in [0.1, 0.15) is 20.3 Å². The van der Waals surface area contributed by atoms with Gasteiger partial charge in [-0.05, 0) is 31.5 Å². The smallest absolute Gasteiger partial charge is 0.245 e. The second kappa shape index (κ2) is 6.06. The molecule has 0 fully saturated rings. The van der Waals surface area contributed by atoms with Gasteiger partial charge >= 0.3 is 0 Å². The molecule has 1 aromatic rings. The number of nitrogens with two attached hydrogens (primary N) is 1. The maximum Gasteiger partial charge on any atom is 0.245 e. The van der Waals surface area contributed by atoms with Crippen LogP contribution in [0.25, 0.3) is 0 Å². The van der Waals surface area contributed by atoms with Crippen molar-refractivity contribution in [2.75, 3.05) is 23.4 Å². The third kappa shape index (κ3) is 3.96. The molecule has 0 spiro atoms. The van der Waals surface area contributed by atoms with Gasteiger partial charge < -0.3 is 10.6 Å². The van der Waals surface area contributed by atoms with E-state index in [0.717, 1.165) is 12.7 Å². The van der Waals surface area contributed by atoms with E-state index in [4.69, 9.17) is 5.73 Å². The van der Waals surface area contributed by atoms with E-state index >= 15 is 0 Å². The summed E-state index contributed by atoms with van der Waals surface area (Å²) in [5.74, 6) is -0.421. The Labute approximate surface area is 114 Å². The highest BCUT2D eigenvalue weighted by molar-refractivity contribution is 7.92. The summed E-state index contributed by atoms with van der Waals surface area (Å²) in [6.45, 7) is 3.80. The zero-order valence-electron chi connectivity index (χ0n) is 11.5. The molecule has 0 aliphatic rings. The fourth-order valence-electron chi connectivity index (χ4n) is 1.69. The summed E-state index contributed by atoms with van der Waals surface area (Å²) in [7, 11) is -3.41. The number of benzene rings is 1. The fourth-order valence-corrected chi connectivity index (χ4v) is 2.18. The first-order valence-corrected chi connectivity index (χ1v) is 8.08. The van der Waals surface area contributed by atoms with Gasteiger partial charge in [0.15, 0.2) is 9.84 Å². The minimum atomic E-state index is -3.41. The summed E-state index contributed by atoms with van der Waals surface area (Å²) < 4.78 is 23.0. The first-order chi connectivity index (χ1) is 8.77. The number of amides is 1. The Balaban J connectivity index is 3.11. The summed E-state index contributed by atoms with van der Waals surface area (Å²) in [5.41, 5.74) is 6.87. The topological polar surface area (TPSA) is 80.5 Å². The van der Waals surface area contributed by atoms with Gasteiger partial charge in [-0.1, -0.05) is 13.0 Å². The molecule has 0 saturated heterocycles. The summed E-state index contributed by atoms with van der Waals surface area (Å²) in [5, 5.41) is -1.06. The fraction of sp³-hybridized carbons (Fsp3) is 0.462. The number of anilines is 2. The van der Waals surface area contributed by atoms with Gasteiger partial charge in [0.2, 0.25) is 5.91 Å². The molecular weight excluding hydrogens is 264 g/mol. The van der Waals surface area contributed by atoms with Gasteiger partial charge in [-0.25, -0.2) is 8.42 Å². The van der Waals surface area contributed by atoms with Crippen LogP contribution in [0.15, 0.2) is 24.3 Å². The second-order valence-electron chi connectivity index (χ2n) is 4.56. The van der Waals surface area contributed by atoms with Crippen LogP contribution in [0, 0.1) is 0 Å². The number of hydrogen-bond acceptors (Lipinski definition) is 4. The Morgan fingerprint density at radius 2 is 2.05 bits per heavy atom. The lowest BCUT2D eigenvalue weighted by atomic mass is 10.2. The van der Waals surface area contributed by atoms with Crippen molar-refractivity contribution in [2.24, 2.45) is 0 Å². The van der Waals surface area contributed by atoms with Crippen LogP contribution >= 0.6 is 0 Å². The lowest BCUT2D eigenvalue weighted by Crippen LogP contribution is -2.41. The second-order valence-corrected chi connectivity index (χ2v) is 6.92. The maximum atomic E-state index is 12.3. The molecule has 0 saturated carbocycles. The molecule has 0 radical (unpaired) electrons. The number of rotatable bonds is 5. The van der Waals surface area contributed by atoms with E-state index in [1.165, 1.54) is 11.8 Å². The van der Waals surface area contributed by atoms with Gasteiger partial charge in [-0.3, -0.25) is 4.79 Å². The lowest BCUT2D eigenvalue weighted by molar-refractivity contribution is -0.118. The van der Waals surface area contributed by atoms with Crippen LogP contribution < -0.4 is 10.6 Å². The number of carbonyl (C=O) groups excluding carboxylic acids is 1. The number of sulfone groups is 1. The van der Waals surface area contributed by atoms with Crippen molar-refractivity contribution in [2.45, 2.75) is 25.5 Å². The first-order valence-electron chi connectivity index (χ1n) is 6.13. The Hall–Kier alpha value is -1.56. The van der Waals surface area contributed by atoms with Crippen LogP contribution in [0.2, 0.25) is 0 Å². The molecular formula is C13H20N2O3S. The Bertz CT molecular complexity index is 555. The molecule has 1 rings (SSSR count). The van der Waals surface area contributed by atoms with Crippen molar-refractivity contribution in [3.05, 3.63) is 24.3 Å². The summed E-state index contributed by atoms with van der Waals surface area (Å²) in [6, 6.07) is 6.88. The van der Waals surface area contributed by atoms with Gasteiger partial charge in [-0.2, -0.15) is 0 Å². The number of nitrogens with zero attached hydrogens (tertiary/aromatic N) is 1. The monoisotopic (exact) mass is 284 g/mol. The van der Waals surface area contributed by atoms with E-state index in [0.29, 0.717) is 17.9 Å². The molecule has 1 atom stereocenters. The lowest BCUT2D eigenvalue weighted by Gasteiger charge is -2.25. The van der Waals surface area contributed by atoms with Gasteiger partial charge in [0.1, 0.15) is 5.25 Å². The van der Waals surface area contributed by atoms with Gasteiger partial charge in [0, 0.05) is 24.2 Å². The minimum absolute atomic E-state index is 0.421. The normalized spacial score (nSPS) is 13.0. The van der Waals surface area contributed by atoms with Crippen LogP contribution in [-0.2, 0) is 14.6 Å². The largest absolute Gasteiger partial charge is 0.399 e. The highest BCUT2D eigenvalue weighted by Gasteiger charge is 2.28. The van der Waals surface area contributed by atoms with Crippen molar-refractivity contribution in [1.29, 1.82) is 0 Å². The summed E-state index contributed by atoms with van der Waals surface area (Å²) in [6.07, 6.45) is 1.80. The Morgan fingerprint density at radius 1 is 1.42 bits per heavy atom. The molecule has 0 bridgehead atoms. The third-order valence-corrected chi connectivity index (χ3v) is 4.37. The highest BCUT2D eigenvalue weighted by Crippen LogP contribution is 2.20. The maximum absolute atomic E-state index is 12.3. The molecule has 0 heterocycles. The van der Waals surface area contributed by atoms with Crippen LogP contribution in [0.3, 0.4) is 0 Å². The standard InChI is InChI=1S/C13H20N2O3S/c1-4-8-15(12-7-5-6-11(14)9-12)13(16)10(2)19(3,17)18/h5-7,9-10H,4,8,14H2,1-3H3. The molecule has 0 aliphatic carbocycles. The Kier molecular flexibility index (Phi) is 4.94. The van der Waals surface area contributed by atoms with E-state index in [-0.39, 0.29) is 0 Å². The van der Waals surface area contributed by atoms with Crippen LogP contribution in [0.5, 0.6) is 0 Å². The van der Waals surface area contributed by atoms with E-state index in [2.05, 4.69) is 0 Å². The van der Waals surface area contributed by atoms with E-state index in [1.54, 1.807) is 24.3 Å². The molecule has 6 heteroatoms. The number of carbonyl (C=O) groups is 1. The molecule has 1 amide bonds. The van der Waals surface area contributed by atoms with Crippen molar-refractivity contribution in [1.82, 2.24) is 0 Å². The molecule has 2 N–H and O–H groups in total. The molecule has 5 nitrogen and oxygen atoms in total. The zero-order chi connectivity index (χ0) is 14.6. The SMILES string of the molecule is CCCN(C(=O)C(C)S(C)(=O)=O)c1cccc(N)c1. The quantitative estimate of drug-likeness (QED) is 0.830. The van der Waals surface area contributed by atoms with Crippen molar-refractivity contribution in [3.8, 4) is 0 Å². The average molecular weight is 284 g/mol. The predicted molar refractivity (Wildman–Crippen MR) is 77.8 cm³/mol. The van der Waals surface area contributed by atoms with Gasteiger partial charge in [-0.15, -0.1) is 0 Å². The molecule has 0 aliphatic heterocycles. The predicted octanol–water partition coefficient (Wildman–Crippen LogP) is 1.44. The first kappa shape index (κ1) is 15.5. The molecule has 1 aromatic carbocycles. The molecule has 19 heavy (non-hydrogen) atoms. The average Bonchev–Trinajstić information content (AvgIpc) is 2.33. The van der Waals surface area contributed by atoms with E-state index in [9.17, 15) is 13.2 Å². The molecule has 1 unspecified atom stereocenters. The van der Waals surface area contributed by atoms with Gasteiger partial charge in [0.25, 0.3) is 0 Å². The van der Waals surface area contributed by atoms with E-state index < -0.39 is 21.0 Å².